The number of hydrogen-bond donors (Lipinski definition) is 1. The summed E-state index contributed by atoms with van der Waals surface area (Å²) in [4.78, 5) is 32.2. The molecule has 2 unspecified atom stereocenters. The van der Waals surface area contributed by atoms with Gasteiger partial charge in [0.1, 0.15) is 5.75 Å². The summed E-state index contributed by atoms with van der Waals surface area (Å²) in [7, 11) is 1.61. The molecule has 0 aliphatic carbocycles. The molecule has 0 saturated heterocycles. The summed E-state index contributed by atoms with van der Waals surface area (Å²) in [5.41, 5.74) is 2.75. The van der Waals surface area contributed by atoms with Crippen molar-refractivity contribution >= 4 is 28.8 Å². The molecule has 0 aromatic heterocycles. The summed E-state index contributed by atoms with van der Waals surface area (Å²) in [5, 5.41) is 5.68. The molecule has 0 saturated carbocycles. The van der Waals surface area contributed by atoms with E-state index in [0.717, 1.165) is 22.8 Å². The van der Waals surface area contributed by atoms with Crippen LogP contribution in [0.15, 0.2) is 51.6 Å². The molecule has 0 fully saturated rings. The second-order valence-corrected chi connectivity index (χ2v) is 8.28. The lowest BCUT2D eigenvalue weighted by molar-refractivity contribution is -0.139. The number of aliphatic imine (C=N–C) groups is 1. The molecule has 1 amide bonds. The van der Waals surface area contributed by atoms with Crippen LogP contribution >= 0.6 is 11.8 Å². The number of amidine groups is 1. The Morgan fingerprint density at radius 3 is 2.77 bits per heavy atom. The smallest absolute Gasteiger partial charge is 0.338 e. The lowest BCUT2D eigenvalue weighted by atomic mass is 9.93. The summed E-state index contributed by atoms with van der Waals surface area (Å²) in [5.74, 6) is 0.223. The van der Waals surface area contributed by atoms with Crippen LogP contribution in [0.2, 0.25) is 0 Å². The van der Waals surface area contributed by atoms with E-state index in [1.54, 1.807) is 14.0 Å². The van der Waals surface area contributed by atoms with Crippen LogP contribution in [0.1, 0.15) is 52.1 Å². The number of rotatable bonds is 8. The SMILES string of the molecule is CCOC(=O)C1=C(C)N=C2SC=C(CC(=O)NC(C)CC)N2C1c1cccc(OC)c1. The van der Waals surface area contributed by atoms with Crippen LogP contribution in [0.5, 0.6) is 5.75 Å². The van der Waals surface area contributed by atoms with Crippen LogP contribution in [0.25, 0.3) is 0 Å². The van der Waals surface area contributed by atoms with Crippen molar-refractivity contribution in [3.05, 3.63) is 52.2 Å². The summed E-state index contributed by atoms with van der Waals surface area (Å²) < 4.78 is 10.8. The maximum absolute atomic E-state index is 12.9. The molecule has 1 aromatic carbocycles. The third-order valence-corrected chi connectivity index (χ3v) is 6.16. The molecule has 3 rings (SSSR count). The number of ether oxygens (including phenoxy) is 2. The van der Waals surface area contributed by atoms with Gasteiger partial charge in [0.15, 0.2) is 5.17 Å². The average molecular weight is 444 g/mol. The largest absolute Gasteiger partial charge is 0.497 e. The summed E-state index contributed by atoms with van der Waals surface area (Å²) in [6, 6.07) is 7.24. The zero-order valence-corrected chi connectivity index (χ0v) is 19.4. The molecule has 0 radical (unpaired) electrons. The fraction of sp³-hybridized carbons (Fsp3) is 0.435. The zero-order chi connectivity index (χ0) is 22.5. The first-order valence-corrected chi connectivity index (χ1v) is 11.3. The molecular formula is C23H29N3O4S. The number of carbonyl (C=O) groups is 2. The van der Waals surface area contributed by atoms with Gasteiger partial charge in [-0.25, -0.2) is 9.79 Å². The standard InChI is InChI=1S/C23H29N3O4S/c1-6-14(3)24-19(27)12-17-13-31-23-25-15(4)20(22(28)30-7-2)21(26(17)23)16-9-8-10-18(11-16)29-5/h8-11,13-14,21H,6-7,12H2,1-5H3,(H,24,27). The number of hydrogen-bond acceptors (Lipinski definition) is 7. The highest BCUT2D eigenvalue weighted by Crippen LogP contribution is 2.45. The van der Waals surface area contributed by atoms with Gasteiger partial charge in [-0.15, -0.1) is 0 Å². The second kappa shape index (κ2) is 10.0. The number of carbonyl (C=O) groups excluding carboxylic acids is 2. The van der Waals surface area contributed by atoms with E-state index >= 15 is 0 Å². The molecule has 2 aliphatic rings. The molecule has 7 nitrogen and oxygen atoms in total. The average Bonchev–Trinajstić information content (AvgIpc) is 3.14. The summed E-state index contributed by atoms with van der Waals surface area (Å²) in [6.45, 7) is 7.88. The number of amides is 1. The van der Waals surface area contributed by atoms with E-state index in [0.29, 0.717) is 17.0 Å². The van der Waals surface area contributed by atoms with E-state index in [1.165, 1.54) is 11.8 Å². The number of fused-ring (bicyclic) bond motifs is 1. The van der Waals surface area contributed by atoms with E-state index in [2.05, 4.69) is 10.3 Å². The van der Waals surface area contributed by atoms with Crippen molar-refractivity contribution in [3.8, 4) is 5.75 Å². The van der Waals surface area contributed by atoms with Crippen LogP contribution in [-0.4, -0.2) is 41.7 Å². The minimum absolute atomic E-state index is 0.0594. The maximum atomic E-state index is 12.9. The molecule has 2 heterocycles. The van der Waals surface area contributed by atoms with Gasteiger partial charge in [-0.3, -0.25) is 4.79 Å². The molecule has 0 bridgehead atoms. The van der Waals surface area contributed by atoms with Gasteiger partial charge >= 0.3 is 5.97 Å². The Kier molecular flexibility index (Phi) is 7.43. The van der Waals surface area contributed by atoms with E-state index < -0.39 is 12.0 Å². The Hall–Kier alpha value is -2.74. The third-order valence-electron chi connectivity index (χ3n) is 5.27. The van der Waals surface area contributed by atoms with Crippen LogP contribution in [0, 0.1) is 0 Å². The molecule has 31 heavy (non-hydrogen) atoms. The van der Waals surface area contributed by atoms with Crippen LogP contribution in [0.4, 0.5) is 0 Å². The first-order valence-electron chi connectivity index (χ1n) is 10.4. The quantitative estimate of drug-likeness (QED) is 0.609. The predicted octanol–water partition coefficient (Wildman–Crippen LogP) is 4.14. The number of benzene rings is 1. The lowest BCUT2D eigenvalue weighted by Gasteiger charge is -2.36. The number of methoxy groups -OCH3 is 1. The minimum Gasteiger partial charge on any atom is -0.497 e. The number of allylic oxidation sites excluding steroid dienone is 1. The van der Waals surface area contributed by atoms with Crippen LogP contribution in [0.3, 0.4) is 0 Å². The minimum atomic E-state index is -0.459. The molecular weight excluding hydrogens is 414 g/mol. The van der Waals surface area contributed by atoms with Crippen LogP contribution < -0.4 is 10.1 Å². The Labute approximate surface area is 187 Å². The number of thioether (sulfide) groups is 1. The number of nitrogens with zero attached hydrogens (tertiary/aromatic N) is 2. The van der Waals surface area contributed by atoms with E-state index in [1.807, 2.05) is 55.3 Å². The van der Waals surface area contributed by atoms with Crippen molar-refractivity contribution in [2.24, 2.45) is 4.99 Å². The van der Waals surface area contributed by atoms with Crippen LogP contribution in [-0.2, 0) is 14.3 Å². The Balaban J connectivity index is 2.02. The third kappa shape index (κ3) is 4.95. The molecule has 2 atom stereocenters. The van der Waals surface area contributed by atoms with Gasteiger partial charge in [-0.1, -0.05) is 30.8 Å². The zero-order valence-electron chi connectivity index (χ0n) is 18.6. The maximum Gasteiger partial charge on any atom is 0.338 e. The number of nitrogens with one attached hydrogen (secondary N) is 1. The van der Waals surface area contributed by atoms with Gasteiger partial charge < -0.3 is 19.7 Å². The molecule has 1 aromatic rings. The molecule has 0 spiro atoms. The molecule has 166 valence electrons. The second-order valence-electron chi connectivity index (χ2n) is 7.44. The van der Waals surface area contributed by atoms with Crippen molar-refractivity contribution in [3.63, 3.8) is 0 Å². The lowest BCUT2D eigenvalue weighted by Crippen LogP contribution is -2.39. The highest BCUT2D eigenvalue weighted by molar-refractivity contribution is 8.16. The first kappa shape index (κ1) is 22.9. The van der Waals surface area contributed by atoms with Crippen molar-refractivity contribution in [1.29, 1.82) is 0 Å². The van der Waals surface area contributed by atoms with Gasteiger partial charge in [0.25, 0.3) is 0 Å². The molecule has 8 heteroatoms. The fourth-order valence-electron chi connectivity index (χ4n) is 3.56. The highest BCUT2D eigenvalue weighted by Gasteiger charge is 2.41. The predicted molar refractivity (Wildman–Crippen MR) is 123 cm³/mol. The van der Waals surface area contributed by atoms with Crippen molar-refractivity contribution in [1.82, 2.24) is 10.2 Å². The van der Waals surface area contributed by atoms with Gasteiger partial charge in [-0.2, -0.15) is 0 Å². The van der Waals surface area contributed by atoms with E-state index in [4.69, 9.17) is 9.47 Å². The first-order chi connectivity index (χ1) is 14.9. The van der Waals surface area contributed by atoms with Gasteiger partial charge in [0, 0.05) is 11.7 Å². The Morgan fingerprint density at radius 1 is 1.32 bits per heavy atom. The Bertz CT molecular complexity index is 954. The van der Waals surface area contributed by atoms with Gasteiger partial charge in [-0.05, 0) is 50.3 Å². The van der Waals surface area contributed by atoms with Crippen molar-refractivity contribution < 1.29 is 19.1 Å². The van der Waals surface area contributed by atoms with Crippen molar-refractivity contribution in [2.75, 3.05) is 13.7 Å². The Morgan fingerprint density at radius 2 is 2.10 bits per heavy atom. The fourth-order valence-corrected chi connectivity index (χ4v) is 4.52. The highest BCUT2D eigenvalue weighted by atomic mass is 32.2. The molecule has 2 aliphatic heterocycles. The van der Waals surface area contributed by atoms with Gasteiger partial charge in [0.2, 0.25) is 5.91 Å². The summed E-state index contributed by atoms with van der Waals surface area (Å²) in [6.07, 6.45) is 1.06. The van der Waals surface area contributed by atoms with E-state index in [-0.39, 0.29) is 25.0 Å². The van der Waals surface area contributed by atoms with E-state index in [9.17, 15) is 9.59 Å². The van der Waals surface area contributed by atoms with Gasteiger partial charge in [0.05, 0.1) is 37.4 Å². The summed E-state index contributed by atoms with van der Waals surface area (Å²) >= 11 is 1.46. The normalized spacial score (nSPS) is 18.7. The van der Waals surface area contributed by atoms with Crippen molar-refractivity contribution in [2.45, 2.75) is 52.6 Å². The monoisotopic (exact) mass is 443 g/mol. The number of esters is 1. The topological polar surface area (TPSA) is 80.2 Å². The molecule has 1 N–H and O–H groups in total.